The first-order chi connectivity index (χ1) is 11.5. The molecule has 3 aromatic rings. The van der Waals surface area contributed by atoms with Gasteiger partial charge in [-0.2, -0.15) is 0 Å². The van der Waals surface area contributed by atoms with Gasteiger partial charge in [0, 0.05) is 12.6 Å². The van der Waals surface area contributed by atoms with E-state index in [0.29, 0.717) is 23.1 Å². The monoisotopic (exact) mass is 324 g/mol. The smallest absolute Gasteiger partial charge is 0.262 e. The van der Waals surface area contributed by atoms with Crippen molar-refractivity contribution < 1.29 is 13.9 Å². The highest BCUT2D eigenvalue weighted by atomic mass is 16.5. The van der Waals surface area contributed by atoms with Crippen LogP contribution in [0.25, 0.3) is 11.1 Å². The second kappa shape index (κ2) is 6.74. The zero-order valence-corrected chi connectivity index (χ0v) is 14.0. The fourth-order valence-corrected chi connectivity index (χ4v) is 2.55. The summed E-state index contributed by atoms with van der Waals surface area (Å²) in [5, 5.41) is 2.82. The van der Waals surface area contributed by atoms with Gasteiger partial charge in [0.05, 0.1) is 0 Å². The van der Waals surface area contributed by atoms with Crippen molar-refractivity contribution in [2.75, 3.05) is 11.9 Å². The van der Waals surface area contributed by atoms with Gasteiger partial charge in [0.2, 0.25) is 0 Å². The molecule has 24 heavy (non-hydrogen) atoms. The molecule has 0 aliphatic rings. The molecule has 3 rings (SSSR count). The number of carbonyl (C=O) groups is 1. The summed E-state index contributed by atoms with van der Waals surface area (Å²) < 4.78 is 11.1. The predicted octanol–water partition coefficient (Wildman–Crippen LogP) is 4.28. The first-order valence-corrected chi connectivity index (χ1v) is 7.91. The predicted molar refractivity (Wildman–Crippen MR) is 93.4 cm³/mol. The van der Waals surface area contributed by atoms with Crippen molar-refractivity contribution in [1.82, 2.24) is 4.98 Å². The standard InChI is InChI=1S/C19H20N2O3/c1-12(2)15-6-4-5-7-17(15)23-11-19(22)21-14-8-9-18-16(10-14)20-13(3)24-18/h4-10,12H,11H2,1-3H3,(H,21,22). The number of hydrogen-bond acceptors (Lipinski definition) is 4. The Kier molecular flexibility index (Phi) is 4.51. The molecule has 1 amide bonds. The van der Waals surface area contributed by atoms with Gasteiger partial charge in [-0.25, -0.2) is 4.98 Å². The lowest BCUT2D eigenvalue weighted by molar-refractivity contribution is -0.118. The number of benzene rings is 2. The molecule has 5 nitrogen and oxygen atoms in total. The highest BCUT2D eigenvalue weighted by Gasteiger charge is 2.10. The van der Waals surface area contributed by atoms with Crippen molar-refractivity contribution in [2.45, 2.75) is 26.7 Å². The van der Waals surface area contributed by atoms with Gasteiger partial charge < -0.3 is 14.5 Å². The number of carbonyl (C=O) groups excluding carboxylic acids is 1. The summed E-state index contributed by atoms with van der Waals surface area (Å²) in [5.41, 5.74) is 3.18. The van der Waals surface area contributed by atoms with Crippen molar-refractivity contribution >= 4 is 22.7 Å². The van der Waals surface area contributed by atoms with Gasteiger partial charge in [-0.05, 0) is 35.7 Å². The molecule has 0 aliphatic heterocycles. The summed E-state index contributed by atoms with van der Waals surface area (Å²) in [5.74, 6) is 1.46. The second-order valence-corrected chi connectivity index (χ2v) is 5.94. The molecule has 5 heteroatoms. The number of fused-ring (bicyclic) bond motifs is 1. The largest absolute Gasteiger partial charge is 0.483 e. The van der Waals surface area contributed by atoms with E-state index in [9.17, 15) is 4.79 Å². The zero-order chi connectivity index (χ0) is 17.1. The molecule has 0 atom stereocenters. The molecule has 0 radical (unpaired) electrons. The van der Waals surface area contributed by atoms with Gasteiger partial charge in [-0.15, -0.1) is 0 Å². The highest BCUT2D eigenvalue weighted by molar-refractivity contribution is 5.93. The minimum absolute atomic E-state index is 0.0420. The van der Waals surface area contributed by atoms with E-state index in [1.807, 2.05) is 24.3 Å². The minimum atomic E-state index is -0.215. The molecule has 1 heterocycles. The van der Waals surface area contributed by atoms with Crippen LogP contribution in [0, 0.1) is 6.92 Å². The van der Waals surface area contributed by atoms with Gasteiger partial charge in [0.25, 0.3) is 5.91 Å². The number of ether oxygens (including phenoxy) is 1. The van der Waals surface area contributed by atoms with Crippen LogP contribution >= 0.6 is 0 Å². The normalized spacial score (nSPS) is 11.0. The van der Waals surface area contributed by atoms with Crippen molar-refractivity contribution in [2.24, 2.45) is 0 Å². The van der Waals surface area contributed by atoms with Gasteiger partial charge in [-0.3, -0.25) is 4.79 Å². The quantitative estimate of drug-likeness (QED) is 0.761. The molecule has 0 saturated carbocycles. The van der Waals surface area contributed by atoms with E-state index >= 15 is 0 Å². The maximum absolute atomic E-state index is 12.1. The number of rotatable bonds is 5. The van der Waals surface area contributed by atoms with Gasteiger partial charge in [0.15, 0.2) is 18.1 Å². The molecule has 0 spiro atoms. The molecule has 0 saturated heterocycles. The molecule has 0 bridgehead atoms. The fourth-order valence-electron chi connectivity index (χ4n) is 2.55. The minimum Gasteiger partial charge on any atom is -0.483 e. The number of nitrogens with zero attached hydrogens (tertiary/aromatic N) is 1. The van der Waals surface area contributed by atoms with Crippen molar-refractivity contribution in [3.05, 3.63) is 53.9 Å². The lowest BCUT2D eigenvalue weighted by Crippen LogP contribution is -2.20. The Morgan fingerprint density at radius 3 is 2.83 bits per heavy atom. The molecule has 0 fully saturated rings. The van der Waals surface area contributed by atoms with Crippen LogP contribution < -0.4 is 10.1 Å². The molecular formula is C19H20N2O3. The topological polar surface area (TPSA) is 64.4 Å². The van der Waals surface area contributed by atoms with Crippen LogP contribution in [0.15, 0.2) is 46.9 Å². The Morgan fingerprint density at radius 2 is 2.04 bits per heavy atom. The first kappa shape index (κ1) is 16.1. The van der Waals surface area contributed by atoms with E-state index in [4.69, 9.17) is 9.15 Å². The Balaban J connectivity index is 1.65. The van der Waals surface area contributed by atoms with Crippen molar-refractivity contribution in [3.8, 4) is 5.75 Å². The summed E-state index contributed by atoms with van der Waals surface area (Å²) in [4.78, 5) is 16.4. The van der Waals surface area contributed by atoms with E-state index in [1.54, 1.807) is 25.1 Å². The second-order valence-electron chi connectivity index (χ2n) is 5.94. The van der Waals surface area contributed by atoms with E-state index in [-0.39, 0.29) is 12.5 Å². The Labute approximate surface area is 140 Å². The molecule has 0 unspecified atom stereocenters. The molecule has 1 aromatic heterocycles. The first-order valence-electron chi connectivity index (χ1n) is 7.91. The Bertz CT molecular complexity index is 868. The maximum atomic E-state index is 12.1. The number of anilines is 1. The maximum Gasteiger partial charge on any atom is 0.262 e. The highest BCUT2D eigenvalue weighted by Crippen LogP contribution is 2.26. The van der Waals surface area contributed by atoms with E-state index in [2.05, 4.69) is 24.1 Å². The molecule has 0 aliphatic carbocycles. The summed E-state index contributed by atoms with van der Waals surface area (Å²) in [6, 6.07) is 13.1. The fraction of sp³-hybridized carbons (Fsp3) is 0.263. The van der Waals surface area contributed by atoms with Crippen LogP contribution in [0.5, 0.6) is 5.75 Å². The average Bonchev–Trinajstić information content (AvgIpc) is 2.92. The lowest BCUT2D eigenvalue weighted by atomic mass is 10.0. The lowest BCUT2D eigenvalue weighted by Gasteiger charge is -2.13. The van der Waals surface area contributed by atoms with Crippen LogP contribution in [-0.2, 0) is 4.79 Å². The summed E-state index contributed by atoms with van der Waals surface area (Å²) in [7, 11) is 0. The van der Waals surface area contributed by atoms with Crippen LogP contribution in [0.3, 0.4) is 0 Å². The number of para-hydroxylation sites is 1. The number of aromatic nitrogens is 1. The van der Waals surface area contributed by atoms with Gasteiger partial charge in [-0.1, -0.05) is 32.0 Å². The van der Waals surface area contributed by atoms with Crippen LogP contribution in [0.1, 0.15) is 31.2 Å². The summed E-state index contributed by atoms with van der Waals surface area (Å²) in [6.07, 6.45) is 0. The van der Waals surface area contributed by atoms with Crippen molar-refractivity contribution in [1.29, 1.82) is 0 Å². The van der Waals surface area contributed by atoms with Gasteiger partial charge >= 0.3 is 0 Å². The van der Waals surface area contributed by atoms with E-state index < -0.39 is 0 Å². The third kappa shape index (κ3) is 3.56. The SMILES string of the molecule is Cc1nc2cc(NC(=O)COc3ccccc3C(C)C)ccc2o1. The van der Waals surface area contributed by atoms with E-state index in [0.717, 1.165) is 16.8 Å². The number of hydrogen-bond donors (Lipinski definition) is 1. The number of amides is 1. The third-order valence-corrected chi connectivity index (χ3v) is 3.68. The Morgan fingerprint density at radius 1 is 1.25 bits per heavy atom. The van der Waals surface area contributed by atoms with Crippen LogP contribution in [0.2, 0.25) is 0 Å². The summed E-state index contributed by atoms with van der Waals surface area (Å²) >= 11 is 0. The zero-order valence-electron chi connectivity index (χ0n) is 14.0. The molecule has 1 N–H and O–H groups in total. The number of oxazole rings is 1. The summed E-state index contributed by atoms with van der Waals surface area (Å²) in [6.45, 7) is 5.94. The number of nitrogens with one attached hydrogen (secondary N) is 1. The van der Waals surface area contributed by atoms with Crippen LogP contribution in [0.4, 0.5) is 5.69 Å². The van der Waals surface area contributed by atoms with E-state index in [1.165, 1.54) is 0 Å². The van der Waals surface area contributed by atoms with Gasteiger partial charge in [0.1, 0.15) is 11.3 Å². The van der Waals surface area contributed by atoms with Crippen LogP contribution in [-0.4, -0.2) is 17.5 Å². The Hall–Kier alpha value is -2.82. The van der Waals surface area contributed by atoms with Crippen molar-refractivity contribution in [3.63, 3.8) is 0 Å². The molecule has 2 aromatic carbocycles. The number of aryl methyl sites for hydroxylation is 1. The molecule has 124 valence electrons. The third-order valence-electron chi connectivity index (χ3n) is 3.68. The molecular weight excluding hydrogens is 304 g/mol. The average molecular weight is 324 g/mol.